The zero-order chi connectivity index (χ0) is 15.4. The van der Waals surface area contributed by atoms with Crippen LogP contribution in [0.2, 0.25) is 5.02 Å². The molecule has 0 saturated heterocycles. The highest BCUT2D eigenvalue weighted by atomic mass is 35.5. The Hall–Kier alpha value is -0.620. The maximum Gasteiger partial charge on any atom is 0.227 e. The Morgan fingerprint density at radius 1 is 1.45 bits per heavy atom. The smallest absolute Gasteiger partial charge is 0.227 e. The van der Waals surface area contributed by atoms with E-state index >= 15 is 0 Å². The summed E-state index contributed by atoms with van der Waals surface area (Å²) in [6.07, 6.45) is 5.26. The molecule has 1 aromatic carbocycles. The van der Waals surface area contributed by atoms with E-state index in [2.05, 4.69) is 5.32 Å². The second-order valence-electron chi connectivity index (χ2n) is 5.64. The quantitative estimate of drug-likeness (QED) is 0.861. The lowest BCUT2D eigenvalue weighted by Gasteiger charge is -2.25. The summed E-state index contributed by atoms with van der Waals surface area (Å²) in [6, 6.07) is 5.42. The van der Waals surface area contributed by atoms with Crippen molar-refractivity contribution in [2.45, 2.75) is 37.5 Å². The molecule has 3 atom stereocenters. The molecule has 3 unspecified atom stereocenters. The van der Waals surface area contributed by atoms with Crippen molar-refractivity contribution in [2.24, 2.45) is 11.7 Å². The van der Waals surface area contributed by atoms with Crippen molar-refractivity contribution in [1.29, 1.82) is 0 Å². The van der Waals surface area contributed by atoms with Crippen LogP contribution in [0.3, 0.4) is 0 Å². The molecule has 1 aliphatic rings. The number of nitrogens with two attached hydrogens (primary N) is 1. The molecule has 2 rings (SSSR count). The van der Waals surface area contributed by atoms with E-state index in [-0.39, 0.29) is 30.3 Å². The largest absolute Gasteiger partial charge is 0.328 e. The van der Waals surface area contributed by atoms with Crippen LogP contribution in [-0.2, 0) is 21.3 Å². The minimum Gasteiger partial charge on any atom is -0.328 e. The predicted octanol–water partition coefficient (Wildman–Crippen LogP) is 3.10. The third-order valence-electron chi connectivity index (χ3n) is 3.76. The van der Waals surface area contributed by atoms with Gasteiger partial charge in [0.2, 0.25) is 5.91 Å². The molecule has 0 spiro atoms. The first kappa shape index (κ1) is 19.4. The highest BCUT2D eigenvalue weighted by Gasteiger charge is 2.25. The van der Waals surface area contributed by atoms with E-state index < -0.39 is 10.8 Å². The van der Waals surface area contributed by atoms with E-state index in [1.54, 1.807) is 24.5 Å². The summed E-state index contributed by atoms with van der Waals surface area (Å²) >= 11 is 6.08. The Kier molecular flexibility index (Phi) is 7.83. The van der Waals surface area contributed by atoms with E-state index in [1.807, 2.05) is 0 Å². The third kappa shape index (κ3) is 5.54. The Balaban J connectivity index is 0.00000242. The lowest BCUT2D eigenvalue weighted by molar-refractivity contribution is -0.120. The molecule has 1 fully saturated rings. The molecule has 1 aromatic rings. The SMILES string of the molecule is CS(=O)Cc1cc(NC(=O)C2CCCC(N)C2)ccc1Cl.Cl. The van der Waals surface area contributed by atoms with Gasteiger partial charge >= 0.3 is 0 Å². The highest BCUT2D eigenvalue weighted by Crippen LogP contribution is 2.26. The monoisotopic (exact) mass is 364 g/mol. The molecule has 1 saturated carbocycles. The summed E-state index contributed by atoms with van der Waals surface area (Å²) in [5.41, 5.74) is 7.41. The van der Waals surface area contributed by atoms with Crippen LogP contribution in [0.15, 0.2) is 18.2 Å². The zero-order valence-corrected chi connectivity index (χ0v) is 14.9. The van der Waals surface area contributed by atoms with Crippen LogP contribution in [0.1, 0.15) is 31.2 Å². The normalized spacial score (nSPS) is 22.5. The van der Waals surface area contributed by atoms with Gasteiger partial charge in [-0.1, -0.05) is 18.0 Å². The fourth-order valence-corrected chi connectivity index (χ4v) is 3.63. The second-order valence-corrected chi connectivity index (χ2v) is 7.48. The number of carbonyl (C=O) groups is 1. The van der Waals surface area contributed by atoms with Crippen LogP contribution in [0, 0.1) is 5.92 Å². The van der Waals surface area contributed by atoms with E-state index in [4.69, 9.17) is 17.3 Å². The first-order valence-corrected chi connectivity index (χ1v) is 9.21. The van der Waals surface area contributed by atoms with E-state index in [1.165, 1.54) is 0 Å². The van der Waals surface area contributed by atoms with Gasteiger partial charge in [-0.15, -0.1) is 12.4 Å². The average molecular weight is 365 g/mol. The molecule has 0 bridgehead atoms. The summed E-state index contributed by atoms with van der Waals surface area (Å²) in [5.74, 6) is 0.376. The van der Waals surface area contributed by atoms with Crippen LogP contribution < -0.4 is 11.1 Å². The summed E-state index contributed by atoms with van der Waals surface area (Å²) in [6.45, 7) is 0. The molecular weight excluding hydrogens is 343 g/mol. The standard InChI is InChI=1S/C15H21ClN2O2S.ClH/c1-21(20)9-11-8-13(5-6-14(11)16)18-15(19)10-3-2-4-12(17)7-10;/h5-6,8,10,12H,2-4,7,9,17H2,1H3,(H,18,19);1H. The molecule has 4 nitrogen and oxygen atoms in total. The van der Waals surface area contributed by atoms with Crippen molar-refractivity contribution in [3.05, 3.63) is 28.8 Å². The van der Waals surface area contributed by atoms with Crippen molar-refractivity contribution < 1.29 is 9.00 Å². The fourth-order valence-electron chi connectivity index (χ4n) is 2.69. The summed E-state index contributed by atoms with van der Waals surface area (Å²) in [5, 5.41) is 3.49. The number of carbonyl (C=O) groups excluding carboxylic acids is 1. The second kappa shape index (κ2) is 8.87. The Labute approximate surface area is 145 Å². The van der Waals surface area contributed by atoms with Gasteiger partial charge in [0, 0.05) is 45.5 Å². The van der Waals surface area contributed by atoms with Crippen LogP contribution >= 0.6 is 24.0 Å². The highest BCUT2D eigenvalue weighted by molar-refractivity contribution is 7.83. The van der Waals surface area contributed by atoms with Crippen LogP contribution in [0.4, 0.5) is 5.69 Å². The number of anilines is 1. The van der Waals surface area contributed by atoms with Crippen LogP contribution in [0.5, 0.6) is 0 Å². The molecule has 124 valence electrons. The van der Waals surface area contributed by atoms with Crippen molar-refractivity contribution in [1.82, 2.24) is 0 Å². The van der Waals surface area contributed by atoms with Crippen molar-refractivity contribution in [2.75, 3.05) is 11.6 Å². The van der Waals surface area contributed by atoms with E-state index in [0.29, 0.717) is 16.5 Å². The van der Waals surface area contributed by atoms with Gasteiger partial charge in [-0.2, -0.15) is 0 Å². The van der Waals surface area contributed by atoms with Gasteiger partial charge in [-0.05, 0) is 43.0 Å². The van der Waals surface area contributed by atoms with Crippen LogP contribution in [-0.4, -0.2) is 22.4 Å². The summed E-state index contributed by atoms with van der Waals surface area (Å²) in [4.78, 5) is 12.3. The lowest BCUT2D eigenvalue weighted by Crippen LogP contribution is -2.34. The molecular formula is C15H22Cl2N2O2S. The lowest BCUT2D eigenvalue weighted by atomic mass is 9.85. The number of halogens is 2. The molecule has 7 heteroatoms. The van der Waals surface area contributed by atoms with Gasteiger partial charge in [-0.25, -0.2) is 0 Å². The number of nitrogens with one attached hydrogen (secondary N) is 1. The maximum atomic E-state index is 12.3. The minimum absolute atomic E-state index is 0. The third-order valence-corrected chi connectivity index (χ3v) is 4.84. The van der Waals surface area contributed by atoms with Gasteiger partial charge < -0.3 is 11.1 Å². The Bertz CT molecular complexity index is 554. The topological polar surface area (TPSA) is 72.2 Å². The number of rotatable bonds is 4. The van der Waals surface area contributed by atoms with Gasteiger partial charge in [0.15, 0.2) is 0 Å². The summed E-state index contributed by atoms with van der Waals surface area (Å²) < 4.78 is 11.3. The fraction of sp³-hybridized carbons (Fsp3) is 0.533. The van der Waals surface area contributed by atoms with E-state index in [9.17, 15) is 9.00 Å². The van der Waals surface area contributed by atoms with Crippen LogP contribution in [0.25, 0.3) is 0 Å². The van der Waals surface area contributed by atoms with Gasteiger partial charge in [0.1, 0.15) is 0 Å². The predicted molar refractivity (Wildman–Crippen MR) is 95.0 cm³/mol. The molecule has 0 radical (unpaired) electrons. The molecule has 22 heavy (non-hydrogen) atoms. The molecule has 3 N–H and O–H groups in total. The molecule has 0 heterocycles. The van der Waals surface area contributed by atoms with Gasteiger partial charge in [0.05, 0.1) is 0 Å². The molecule has 0 aromatic heterocycles. The average Bonchev–Trinajstić information content (AvgIpc) is 2.42. The van der Waals surface area contributed by atoms with Crippen molar-refractivity contribution >= 4 is 46.4 Å². The molecule has 1 amide bonds. The number of benzene rings is 1. The van der Waals surface area contributed by atoms with Gasteiger partial charge in [0.25, 0.3) is 0 Å². The number of hydrogen-bond donors (Lipinski definition) is 2. The maximum absolute atomic E-state index is 12.3. The number of hydrogen-bond acceptors (Lipinski definition) is 3. The number of amides is 1. The van der Waals surface area contributed by atoms with E-state index in [0.717, 1.165) is 31.2 Å². The summed E-state index contributed by atoms with van der Waals surface area (Å²) in [7, 11) is -0.971. The van der Waals surface area contributed by atoms with Crippen molar-refractivity contribution in [3.8, 4) is 0 Å². The van der Waals surface area contributed by atoms with Gasteiger partial charge in [-0.3, -0.25) is 9.00 Å². The molecule has 1 aliphatic carbocycles. The zero-order valence-electron chi connectivity index (χ0n) is 12.5. The first-order chi connectivity index (χ1) is 9.95. The Morgan fingerprint density at radius 2 is 2.18 bits per heavy atom. The Morgan fingerprint density at radius 3 is 2.82 bits per heavy atom. The first-order valence-electron chi connectivity index (χ1n) is 7.10. The minimum atomic E-state index is -0.971. The molecule has 0 aliphatic heterocycles. The van der Waals surface area contributed by atoms with Crippen molar-refractivity contribution in [3.63, 3.8) is 0 Å².